The summed E-state index contributed by atoms with van der Waals surface area (Å²) in [6.07, 6.45) is 1.51. The fourth-order valence-corrected chi connectivity index (χ4v) is 2.00. The van der Waals surface area contributed by atoms with E-state index in [9.17, 15) is 4.79 Å². The molecule has 0 saturated heterocycles. The minimum absolute atomic E-state index is 0.163. The van der Waals surface area contributed by atoms with Gasteiger partial charge in [0.05, 0.1) is 12.7 Å². The molecule has 0 radical (unpaired) electrons. The molecule has 23 heavy (non-hydrogen) atoms. The molecule has 0 aliphatic carbocycles. The highest BCUT2D eigenvalue weighted by Crippen LogP contribution is 2.29. The Kier molecular flexibility index (Phi) is 6.06. The van der Waals surface area contributed by atoms with Crippen molar-refractivity contribution in [1.82, 2.24) is 0 Å². The number of benzene rings is 2. The highest BCUT2D eigenvalue weighted by Gasteiger charge is 2.12. The van der Waals surface area contributed by atoms with Gasteiger partial charge in [0.15, 0.2) is 11.5 Å². The third-order valence-electron chi connectivity index (χ3n) is 3.04. The van der Waals surface area contributed by atoms with E-state index in [4.69, 9.17) is 25.8 Å². The highest BCUT2D eigenvalue weighted by molar-refractivity contribution is 6.30. The number of hydrogen-bond donors (Lipinski definition) is 0. The zero-order valence-corrected chi connectivity index (χ0v) is 13.5. The van der Waals surface area contributed by atoms with Gasteiger partial charge in [-0.3, -0.25) is 0 Å². The maximum absolute atomic E-state index is 11.8. The number of halogens is 1. The number of carbonyl (C=O) groups is 1. The van der Waals surface area contributed by atoms with Gasteiger partial charge >= 0.3 is 5.97 Å². The van der Waals surface area contributed by atoms with Gasteiger partial charge in [0.25, 0.3) is 0 Å². The number of hydrogen-bond acceptors (Lipinski definition) is 4. The maximum Gasteiger partial charge on any atom is 0.338 e. The first-order valence-corrected chi connectivity index (χ1v) is 7.35. The summed E-state index contributed by atoms with van der Waals surface area (Å²) in [5.74, 6) is 0.571. The fourth-order valence-electron chi connectivity index (χ4n) is 1.87. The minimum atomic E-state index is -0.438. The van der Waals surface area contributed by atoms with Gasteiger partial charge in [0.2, 0.25) is 0 Å². The molecule has 2 rings (SSSR count). The van der Waals surface area contributed by atoms with E-state index in [1.165, 1.54) is 13.2 Å². The first-order chi connectivity index (χ1) is 11.1. The van der Waals surface area contributed by atoms with Crippen molar-refractivity contribution in [2.45, 2.75) is 6.61 Å². The maximum atomic E-state index is 11.8. The Labute approximate surface area is 140 Å². The van der Waals surface area contributed by atoms with Crippen LogP contribution < -0.4 is 9.47 Å². The Bertz CT molecular complexity index is 680. The summed E-state index contributed by atoms with van der Waals surface area (Å²) in [6, 6.07) is 12.3. The van der Waals surface area contributed by atoms with Gasteiger partial charge in [0.1, 0.15) is 13.2 Å². The van der Waals surface area contributed by atoms with Crippen LogP contribution in [0.5, 0.6) is 11.5 Å². The predicted octanol–water partition coefficient (Wildman–Crippen LogP) is 4.27. The number of carbonyl (C=O) groups excluding carboxylic acids is 1. The van der Waals surface area contributed by atoms with E-state index < -0.39 is 5.97 Å². The molecule has 4 nitrogen and oxygen atoms in total. The van der Waals surface area contributed by atoms with Crippen LogP contribution >= 0.6 is 11.6 Å². The summed E-state index contributed by atoms with van der Waals surface area (Å²) >= 11 is 5.85. The Balaban J connectivity index is 2.08. The molecule has 2 aromatic rings. The Morgan fingerprint density at radius 1 is 1.17 bits per heavy atom. The lowest BCUT2D eigenvalue weighted by Crippen LogP contribution is -2.06. The number of esters is 1. The lowest BCUT2D eigenvalue weighted by atomic mass is 10.2. The van der Waals surface area contributed by atoms with E-state index in [2.05, 4.69) is 6.58 Å². The van der Waals surface area contributed by atoms with E-state index in [-0.39, 0.29) is 6.61 Å². The molecule has 120 valence electrons. The quantitative estimate of drug-likeness (QED) is 0.561. The Morgan fingerprint density at radius 3 is 2.57 bits per heavy atom. The molecule has 2 aromatic carbocycles. The molecule has 0 aromatic heterocycles. The molecule has 0 heterocycles. The standard InChI is InChI=1S/C18H17ClO4/c1-3-10-22-18(20)14-6-9-16(17(11-14)21-2)23-12-13-4-7-15(19)8-5-13/h3-9,11H,1,10,12H2,2H3. The third-order valence-corrected chi connectivity index (χ3v) is 3.29. The number of rotatable bonds is 7. The monoisotopic (exact) mass is 332 g/mol. The van der Waals surface area contributed by atoms with Crippen molar-refractivity contribution < 1.29 is 19.0 Å². The molecule has 0 spiro atoms. The SMILES string of the molecule is C=CCOC(=O)c1ccc(OCc2ccc(Cl)cc2)c(OC)c1. The van der Waals surface area contributed by atoms with E-state index in [1.807, 2.05) is 12.1 Å². The van der Waals surface area contributed by atoms with Crippen LogP contribution in [0.15, 0.2) is 55.1 Å². The van der Waals surface area contributed by atoms with Crippen LogP contribution in [0.2, 0.25) is 5.02 Å². The molecule has 0 fully saturated rings. The van der Waals surface area contributed by atoms with Crippen LogP contribution in [0.3, 0.4) is 0 Å². The van der Waals surface area contributed by atoms with Crippen molar-refractivity contribution in [3.8, 4) is 11.5 Å². The fraction of sp³-hybridized carbons (Fsp3) is 0.167. The van der Waals surface area contributed by atoms with Crippen molar-refractivity contribution in [1.29, 1.82) is 0 Å². The first kappa shape index (κ1) is 16.9. The molecule has 0 aliphatic heterocycles. The molecule has 0 unspecified atom stereocenters. The lowest BCUT2D eigenvalue weighted by molar-refractivity contribution is 0.0549. The molecule has 0 bridgehead atoms. The summed E-state index contributed by atoms with van der Waals surface area (Å²) < 4.78 is 16.0. The zero-order chi connectivity index (χ0) is 16.7. The van der Waals surface area contributed by atoms with Gasteiger partial charge in [-0.25, -0.2) is 4.79 Å². The van der Waals surface area contributed by atoms with Gasteiger partial charge < -0.3 is 14.2 Å². The second-order valence-corrected chi connectivity index (χ2v) is 5.10. The van der Waals surface area contributed by atoms with Crippen LogP contribution in [-0.2, 0) is 11.3 Å². The molecule has 0 aliphatic rings. The molecule has 0 amide bonds. The second-order valence-electron chi connectivity index (χ2n) is 4.67. The highest BCUT2D eigenvalue weighted by atomic mass is 35.5. The Morgan fingerprint density at radius 2 is 1.91 bits per heavy atom. The minimum Gasteiger partial charge on any atom is -0.493 e. The number of methoxy groups -OCH3 is 1. The van der Waals surface area contributed by atoms with Crippen LogP contribution in [0.4, 0.5) is 0 Å². The van der Waals surface area contributed by atoms with E-state index >= 15 is 0 Å². The first-order valence-electron chi connectivity index (χ1n) is 6.97. The third kappa shape index (κ3) is 4.76. The van der Waals surface area contributed by atoms with E-state index in [0.717, 1.165) is 5.56 Å². The normalized spacial score (nSPS) is 10.0. The summed E-state index contributed by atoms with van der Waals surface area (Å²) in [6.45, 7) is 4.03. The van der Waals surface area contributed by atoms with E-state index in [0.29, 0.717) is 28.7 Å². The average molecular weight is 333 g/mol. The van der Waals surface area contributed by atoms with Crippen LogP contribution in [-0.4, -0.2) is 19.7 Å². The zero-order valence-electron chi connectivity index (χ0n) is 12.8. The van der Waals surface area contributed by atoms with Crippen molar-refractivity contribution >= 4 is 17.6 Å². The van der Waals surface area contributed by atoms with Crippen molar-refractivity contribution in [2.24, 2.45) is 0 Å². The second kappa shape index (κ2) is 8.25. The van der Waals surface area contributed by atoms with Crippen LogP contribution in [0.1, 0.15) is 15.9 Å². The van der Waals surface area contributed by atoms with Gasteiger partial charge in [-0.2, -0.15) is 0 Å². The number of ether oxygens (including phenoxy) is 3. The summed E-state index contributed by atoms with van der Waals surface area (Å²) in [4.78, 5) is 11.8. The predicted molar refractivity (Wildman–Crippen MR) is 89.3 cm³/mol. The average Bonchev–Trinajstić information content (AvgIpc) is 2.59. The van der Waals surface area contributed by atoms with Crippen LogP contribution in [0, 0.1) is 0 Å². The molecule has 0 saturated carbocycles. The lowest BCUT2D eigenvalue weighted by Gasteiger charge is -2.12. The summed E-state index contributed by atoms with van der Waals surface area (Å²) in [5.41, 5.74) is 1.37. The van der Waals surface area contributed by atoms with Crippen molar-refractivity contribution in [2.75, 3.05) is 13.7 Å². The summed E-state index contributed by atoms with van der Waals surface area (Å²) in [5, 5.41) is 0.675. The molecule has 0 N–H and O–H groups in total. The van der Waals surface area contributed by atoms with Gasteiger partial charge in [-0.1, -0.05) is 36.4 Å². The van der Waals surface area contributed by atoms with E-state index in [1.54, 1.807) is 30.3 Å². The van der Waals surface area contributed by atoms with Gasteiger partial charge in [0, 0.05) is 5.02 Å². The van der Waals surface area contributed by atoms with Gasteiger partial charge in [-0.15, -0.1) is 0 Å². The topological polar surface area (TPSA) is 44.8 Å². The smallest absolute Gasteiger partial charge is 0.338 e. The summed E-state index contributed by atoms with van der Waals surface area (Å²) in [7, 11) is 1.52. The molecular formula is C18H17ClO4. The molecule has 0 atom stereocenters. The molecular weight excluding hydrogens is 316 g/mol. The Hall–Kier alpha value is -2.46. The van der Waals surface area contributed by atoms with Crippen LogP contribution in [0.25, 0.3) is 0 Å². The van der Waals surface area contributed by atoms with Gasteiger partial charge in [-0.05, 0) is 35.9 Å². The molecule has 5 heteroatoms. The van der Waals surface area contributed by atoms with Crippen molar-refractivity contribution in [3.05, 3.63) is 71.3 Å². The largest absolute Gasteiger partial charge is 0.493 e. The van der Waals surface area contributed by atoms with Crippen molar-refractivity contribution in [3.63, 3.8) is 0 Å².